The van der Waals surface area contributed by atoms with Crippen molar-refractivity contribution in [1.82, 2.24) is 9.88 Å². The van der Waals surface area contributed by atoms with Gasteiger partial charge < -0.3 is 9.74 Å². The fourth-order valence-corrected chi connectivity index (χ4v) is 3.41. The average Bonchev–Trinajstić information content (AvgIpc) is 3.11. The number of hydrogen-bond acceptors (Lipinski definition) is 4. The summed E-state index contributed by atoms with van der Waals surface area (Å²) in [6, 6.07) is 12.0. The lowest BCUT2D eigenvalue weighted by molar-refractivity contribution is -0.140. The average molecular weight is 367 g/mol. The van der Waals surface area contributed by atoms with Crippen molar-refractivity contribution < 1.29 is 14.0 Å². The summed E-state index contributed by atoms with van der Waals surface area (Å²) in [5.41, 5.74) is 2.52. The number of oxime groups is 1. The molecule has 1 aromatic carbocycles. The van der Waals surface area contributed by atoms with Crippen molar-refractivity contribution in [3.63, 3.8) is 0 Å². The van der Waals surface area contributed by atoms with Crippen LogP contribution >= 0.6 is 0 Å². The smallest absolute Gasteiger partial charge is 0.226 e. The summed E-state index contributed by atoms with van der Waals surface area (Å²) in [7, 11) is 0. The van der Waals surface area contributed by atoms with Gasteiger partial charge in [-0.2, -0.15) is 0 Å². The van der Waals surface area contributed by atoms with Crippen LogP contribution in [0.3, 0.4) is 0 Å². The minimum atomic E-state index is -0.275. The van der Waals surface area contributed by atoms with Crippen molar-refractivity contribution in [2.75, 3.05) is 6.54 Å². The van der Waals surface area contributed by atoms with Crippen LogP contribution in [0.25, 0.3) is 0 Å². The van der Waals surface area contributed by atoms with E-state index in [1.165, 1.54) is 12.1 Å². The first-order valence-electron chi connectivity index (χ1n) is 9.36. The maximum atomic E-state index is 13.2. The second-order valence-corrected chi connectivity index (χ2v) is 7.16. The number of hydrogen-bond donors (Lipinski definition) is 0. The number of pyridine rings is 1. The maximum Gasteiger partial charge on any atom is 0.226 e. The largest absolute Gasteiger partial charge is 0.390 e. The van der Waals surface area contributed by atoms with E-state index in [1.54, 1.807) is 18.3 Å². The fraction of sp³-hybridized carbons (Fsp3) is 0.381. The van der Waals surface area contributed by atoms with Crippen molar-refractivity contribution in [3.05, 3.63) is 65.7 Å². The van der Waals surface area contributed by atoms with E-state index in [-0.39, 0.29) is 23.7 Å². The SMILES string of the molecule is O=C(C1CCC1)N(Cc1ccc(F)cc1)CC1CC(c2ccccn2)=NO1. The highest BCUT2D eigenvalue weighted by atomic mass is 19.1. The Kier molecular flexibility index (Phi) is 5.14. The van der Waals surface area contributed by atoms with Crippen molar-refractivity contribution >= 4 is 11.6 Å². The van der Waals surface area contributed by atoms with Gasteiger partial charge in [0.1, 0.15) is 11.5 Å². The molecule has 0 saturated heterocycles. The van der Waals surface area contributed by atoms with Crippen molar-refractivity contribution in [2.24, 2.45) is 11.1 Å². The molecule has 1 aliphatic heterocycles. The summed E-state index contributed by atoms with van der Waals surface area (Å²) in [5, 5.41) is 4.16. The van der Waals surface area contributed by atoms with Gasteiger partial charge in [0, 0.05) is 25.1 Å². The molecule has 5 nitrogen and oxygen atoms in total. The third-order valence-corrected chi connectivity index (χ3v) is 5.17. The van der Waals surface area contributed by atoms with Crippen LogP contribution in [-0.4, -0.2) is 34.2 Å². The Morgan fingerprint density at radius 3 is 2.67 bits per heavy atom. The molecule has 0 spiro atoms. The molecular formula is C21H22FN3O2. The van der Waals surface area contributed by atoms with Gasteiger partial charge in [-0.25, -0.2) is 4.39 Å². The van der Waals surface area contributed by atoms with Crippen LogP contribution in [0, 0.1) is 11.7 Å². The van der Waals surface area contributed by atoms with Gasteiger partial charge in [0.25, 0.3) is 0 Å². The fourth-order valence-electron chi connectivity index (χ4n) is 3.41. The van der Waals surface area contributed by atoms with Gasteiger partial charge >= 0.3 is 0 Å². The molecule has 4 rings (SSSR count). The number of nitrogens with zero attached hydrogens (tertiary/aromatic N) is 3. The van der Waals surface area contributed by atoms with E-state index >= 15 is 0 Å². The number of amides is 1. The first kappa shape index (κ1) is 17.6. The highest BCUT2D eigenvalue weighted by Gasteiger charge is 2.33. The molecule has 2 aliphatic rings. The molecule has 2 aromatic rings. The molecule has 0 radical (unpaired) electrons. The van der Waals surface area contributed by atoms with E-state index in [9.17, 15) is 9.18 Å². The Balaban J connectivity index is 1.43. The van der Waals surface area contributed by atoms with Crippen LogP contribution in [0.4, 0.5) is 4.39 Å². The lowest BCUT2D eigenvalue weighted by atomic mass is 9.84. The minimum absolute atomic E-state index is 0.100. The van der Waals surface area contributed by atoms with Crippen molar-refractivity contribution in [3.8, 4) is 0 Å². The van der Waals surface area contributed by atoms with E-state index in [1.807, 2.05) is 23.1 Å². The molecule has 27 heavy (non-hydrogen) atoms. The topological polar surface area (TPSA) is 54.8 Å². The number of rotatable bonds is 6. The Morgan fingerprint density at radius 2 is 2.00 bits per heavy atom. The van der Waals surface area contributed by atoms with Crippen molar-refractivity contribution in [2.45, 2.75) is 38.3 Å². The Bertz CT molecular complexity index is 819. The van der Waals surface area contributed by atoms with Gasteiger partial charge in [-0.05, 0) is 42.7 Å². The highest BCUT2D eigenvalue weighted by Crippen LogP contribution is 2.29. The van der Waals surface area contributed by atoms with E-state index in [0.29, 0.717) is 19.5 Å². The summed E-state index contributed by atoms with van der Waals surface area (Å²) in [4.78, 5) is 24.6. The van der Waals surface area contributed by atoms with Crippen LogP contribution in [0.1, 0.15) is 36.9 Å². The minimum Gasteiger partial charge on any atom is -0.390 e. The monoisotopic (exact) mass is 367 g/mol. The van der Waals surface area contributed by atoms with Gasteiger partial charge in [0.2, 0.25) is 5.91 Å². The zero-order chi connectivity index (χ0) is 18.6. The molecule has 1 unspecified atom stereocenters. The van der Waals surface area contributed by atoms with E-state index < -0.39 is 0 Å². The number of aromatic nitrogens is 1. The molecule has 1 saturated carbocycles. The maximum absolute atomic E-state index is 13.2. The Labute approximate surface area is 157 Å². The number of carbonyl (C=O) groups is 1. The summed E-state index contributed by atoms with van der Waals surface area (Å²) in [6.07, 6.45) is 5.15. The number of benzene rings is 1. The van der Waals surface area contributed by atoms with E-state index in [4.69, 9.17) is 4.84 Å². The zero-order valence-corrected chi connectivity index (χ0v) is 15.1. The molecule has 1 amide bonds. The van der Waals surface area contributed by atoms with Crippen LogP contribution in [0.2, 0.25) is 0 Å². The molecule has 1 aliphatic carbocycles. The van der Waals surface area contributed by atoms with Crippen LogP contribution in [0.5, 0.6) is 0 Å². The quantitative estimate of drug-likeness (QED) is 0.785. The lowest BCUT2D eigenvalue weighted by Gasteiger charge is -2.32. The molecule has 0 bridgehead atoms. The third-order valence-electron chi connectivity index (χ3n) is 5.17. The predicted octanol–water partition coefficient (Wildman–Crippen LogP) is 3.54. The lowest BCUT2D eigenvalue weighted by Crippen LogP contribution is -2.42. The molecule has 140 valence electrons. The first-order valence-corrected chi connectivity index (χ1v) is 9.36. The third kappa shape index (κ3) is 4.15. The second kappa shape index (κ2) is 7.86. The highest BCUT2D eigenvalue weighted by molar-refractivity contribution is 5.99. The van der Waals surface area contributed by atoms with Gasteiger partial charge in [0.05, 0.1) is 12.2 Å². The van der Waals surface area contributed by atoms with Crippen molar-refractivity contribution in [1.29, 1.82) is 0 Å². The molecule has 1 aromatic heterocycles. The Hall–Kier alpha value is -2.76. The van der Waals surface area contributed by atoms with Gasteiger partial charge in [0.15, 0.2) is 6.10 Å². The van der Waals surface area contributed by atoms with Crippen LogP contribution in [0.15, 0.2) is 53.8 Å². The molecule has 1 fully saturated rings. The second-order valence-electron chi connectivity index (χ2n) is 7.16. The van der Waals surface area contributed by atoms with E-state index in [0.717, 1.165) is 36.2 Å². The zero-order valence-electron chi connectivity index (χ0n) is 15.1. The summed E-state index contributed by atoms with van der Waals surface area (Å²) < 4.78 is 13.2. The normalized spacial score (nSPS) is 19.1. The predicted molar refractivity (Wildman–Crippen MR) is 99.4 cm³/mol. The molecule has 6 heteroatoms. The van der Waals surface area contributed by atoms with Gasteiger partial charge in [-0.15, -0.1) is 0 Å². The summed E-state index contributed by atoms with van der Waals surface area (Å²) in [6.45, 7) is 0.918. The molecule has 0 N–H and O–H groups in total. The number of carbonyl (C=O) groups excluding carboxylic acids is 1. The van der Waals surface area contributed by atoms with Crippen LogP contribution in [-0.2, 0) is 16.2 Å². The van der Waals surface area contributed by atoms with Gasteiger partial charge in [-0.3, -0.25) is 9.78 Å². The summed E-state index contributed by atoms with van der Waals surface area (Å²) >= 11 is 0. The van der Waals surface area contributed by atoms with Crippen LogP contribution < -0.4 is 0 Å². The molecule has 2 heterocycles. The number of halogens is 1. The van der Waals surface area contributed by atoms with Gasteiger partial charge in [-0.1, -0.05) is 29.8 Å². The first-order chi connectivity index (χ1) is 13.2. The Morgan fingerprint density at radius 1 is 1.19 bits per heavy atom. The molecule has 1 atom stereocenters. The van der Waals surface area contributed by atoms with E-state index in [2.05, 4.69) is 10.1 Å². The summed E-state index contributed by atoms with van der Waals surface area (Å²) in [5.74, 6) is -0.0216. The standard InChI is InChI=1S/C21H22FN3O2/c22-17-9-7-15(8-10-17)13-25(21(26)16-4-3-5-16)14-18-12-20(24-27-18)19-6-1-2-11-23-19/h1-2,6-11,16,18H,3-5,12-14H2. The molecular weight excluding hydrogens is 345 g/mol.